The van der Waals surface area contributed by atoms with Gasteiger partial charge in [0, 0.05) is 11.8 Å². The topological polar surface area (TPSA) is 57.2 Å². The van der Waals surface area contributed by atoms with Crippen molar-refractivity contribution in [3.63, 3.8) is 0 Å². The van der Waals surface area contributed by atoms with Gasteiger partial charge in [-0.3, -0.25) is 0 Å². The molecule has 2 aliphatic rings. The number of rotatable bonds is 14. The van der Waals surface area contributed by atoms with Crippen molar-refractivity contribution in [3.8, 4) is 11.5 Å². The first-order chi connectivity index (χ1) is 18.5. The minimum Gasteiger partial charge on any atom is -0.494 e. The second kappa shape index (κ2) is 14.9. The molecule has 38 heavy (non-hydrogen) atoms. The molecule has 1 atom stereocenters. The van der Waals surface area contributed by atoms with Gasteiger partial charge < -0.3 is 24.1 Å². The fourth-order valence-electron chi connectivity index (χ4n) is 5.55. The molecule has 0 aromatic heterocycles. The minimum atomic E-state index is -0.613. The lowest BCUT2D eigenvalue weighted by Crippen LogP contribution is -2.27. The molecule has 5 heteroatoms. The fourth-order valence-corrected chi connectivity index (χ4v) is 5.55. The normalized spacial score (nSPS) is 18.3. The Balaban J connectivity index is 1.18. The SMILES string of the molecule is CC(C)(c1ccc(OCCCOC2CCCCC2)cc1)c1ccc(OCC(O)COC2CCCCC2)cc1. The zero-order valence-electron chi connectivity index (χ0n) is 23.5. The summed E-state index contributed by atoms with van der Waals surface area (Å²) in [5, 5.41) is 10.3. The Morgan fingerprint density at radius 3 is 1.71 bits per heavy atom. The van der Waals surface area contributed by atoms with E-state index in [0.29, 0.717) is 25.4 Å². The van der Waals surface area contributed by atoms with Crippen LogP contribution in [-0.4, -0.2) is 49.8 Å². The maximum atomic E-state index is 10.3. The van der Waals surface area contributed by atoms with Crippen molar-refractivity contribution in [1.82, 2.24) is 0 Å². The molecule has 1 unspecified atom stereocenters. The number of aliphatic hydroxyl groups excluding tert-OH is 1. The minimum absolute atomic E-state index is 0.155. The highest BCUT2D eigenvalue weighted by Gasteiger charge is 2.23. The Hall–Kier alpha value is -2.08. The lowest BCUT2D eigenvalue weighted by atomic mass is 9.78. The van der Waals surface area contributed by atoms with E-state index in [1.807, 2.05) is 12.1 Å². The molecule has 4 rings (SSSR count). The molecule has 1 N–H and O–H groups in total. The molecule has 210 valence electrons. The molecule has 0 saturated heterocycles. The van der Waals surface area contributed by atoms with Gasteiger partial charge in [0.05, 0.1) is 32.0 Å². The van der Waals surface area contributed by atoms with Crippen molar-refractivity contribution in [2.45, 2.75) is 108 Å². The molecule has 2 aromatic rings. The predicted molar refractivity (Wildman–Crippen MR) is 152 cm³/mol. The third kappa shape index (κ3) is 9.00. The predicted octanol–water partition coefficient (Wildman–Crippen LogP) is 7.22. The Kier molecular flexibility index (Phi) is 11.3. The number of ether oxygens (including phenoxy) is 4. The molecule has 0 bridgehead atoms. The maximum Gasteiger partial charge on any atom is 0.119 e. The summed E-state index contributed by atoms with van der Waals surface area (Å²) in [5.74, 6) is 1.66. The first-order valence-corrected chi connectivity index (χ1v) is 14.9. The summed E-state index contributed by atoms with van der Waals surface area (Å²) in [6.07, 6.45) is 13.4. The van der Waals surface area contributed by atoms with E-state index in [1.54, 1.807) is 0 Å². The van der Waals surface area contributed by atoms with Crippen LogP contribution in [0.3, 0.4) is 0 Å². The summed E-state index contributed by atoms with van der Waals surface area (Å²) in [6.45, 7) is 6.50. The third-order valence-corrected chi connectivity index (χ3v) is 8.13. The maximum absolute atomic E-state index is 10.3. The first kappa shape index (κ1) is 28.9. The highest BCUT2D eigenvalue weighted by Crippen LogP contribution is 2.33. The largest absolute Gasteiger partial charge is 0.494 e. The van der Waals surface area contributed by atoms with Gasteiger partial charge in [-0.15, -0.1) is 0 Å². The van der Waals surface area contributed by atoms with Gasteiger partial charge in [-0.25, -0.2) is 0 Å². The van der Waals surface area contributed by atoms with E-state index in [-0.39, 0.29) is 12.0 Å². The second-order valence-electron chi connectivity index (χ2n) is 11.6. The molecule has 2 aliphatic carbocycles. The Morgan fingerprint density at radius 2 is 1.16 bits per heavy atom. The molecular formula is C33H48O5. The molecule has 0 heterocycles. The molecule has 2 aromatic carbocycles. The highest BCUT2D eigenvalue weighted by atomic mass is 16.5. The van der Waals surface area contributed by atoms with E-state index >= 15 is 0 Å². The standard InChI is InChI=1S/C33H48O5/c1-33(2,26-14-18-31(19-15-26)36-23-9-22-35-29-10-5-3-6-11-29)27-16-20-32(21-17-27)38-25-28(34)24-37-30-12-7-4-8-13-30/h14-21,28-30,34H,3-13,22-25H2,1-2H3. The van der Waals surface area contributed by atoms with Crippen molar-refractivity contribution < 1.29 is 24.1 Å². The van der Waals surface area contributed by atoms with Crippen LogP contribution in [0.4, 0.5) is 0 Å². The van der Waals surface area contributed by atoms with Gasteiger partial charge in [0.2, 0.25) is 0 Å². The smallest absolute Gasteiger partial charge is 0.119 e. The summed E-state index contributed by atoms with van der Waals surface area (Å²) >= 11 is 0. The van der Waals surface area contributed by atoms with Gasteiger partial charge in [-0.2, -0.15) is 0 Å². The van der Waals surface area contributed by atoms with Gasteiger partial charge >= 0.3 is 0 Å². The van der Waals surface area contributed by atoms with E-state index < -0.39 is 6.10 Å². The van der Waals surface area contributed by atoms with E-state index in [1.165, 1.54) is 62.5 Å². The number of hydrogen-bond acceptors (Lipinski definition) is 5. The van der Waals surface area contributed by atoms with Crippen molar-refractivity contribution in [2.75, 3.05) is 26.4 Å². The zero-order chi connectivity index (χ0) is 26.6. The summed E-state index contributed by atoms with van der Waals surface area (Å²) in [6, 6.07) is 16.6. The van der Waals surface area contributed by atoms with Gasteiger partial charge in [0.25, 0.3) is 0 Å². The van der Waals surface area contributed by atoms with Crippen LogP contribution in [0.1, 0.15) is 95.6 Å². The Morgan fingerprint density at radius 1 is 0.658 bits per heavy atom. The molecule has 0 aliphatic heterocycles. The van der Waals surface area contributed by atoms with Gasteiger partial charge in [-0.1, -0.05) is 76.6 Å². The van der Waals surface area contributed by atoms with Crippen LogP contribution in [0.5, 0.6) is 11.5 Å². The van der Waals surface area contributed by atoms with Gasteiger partial charge in [-0.05, 0) is 61.1 Å². The Labute approximate surface area is 229 Å². The fraction of sp³-hybridized carbons (Fsp3) is 0.636. The molecule has 0 amide bonds. The summed E-state index contributed by atoms with van der Waals surface area (Å²) < 4.78 is 23.6. The van der Waals surface area contributed by atoms with E-state index in [4.69, 9.17) is 18.9 Å². The van der Waals surface area contributed by atoms with Crippen LogP contribution < -0.4 is 9.47 Å². The zero-order valence-corrected chi connectivity index (χ0v) is 23.5. The second-order valence-corrected chi connectivity index (χ2v) is 11.6. The number of benzene rings is 2. The summed E-state index contributed by atoms with van der Waals surface area (Å²) in [4.78, 5) is 0. The first-order valence-electron chi connectivity index (χ1n) is 14.9. The van der Waals surface area contributed by atoms with Crippen LogP contribution in [0.25, 0.3) is 0 Å². The van der Waals surface area contributed by atoms with Crippen molar-refractivity contribution in [1.29, 1.82) is 0 Å². The van der Waals surface area contributed by atoms with E-state index in [9.17, 15) is 5.11 Å². The molecule has 0 radical (unpaired) electrons. The van der Waals surface area contributed by atoms with Crippen LogP contribution in [0.2, 0.25) is 0 Å². The lowest BCUT2D eigenvalue weighted by molar-refractivity contribution is -0.0363. The molecular weight excluding hydrogens is 476 g/mol. The average Bonchev–Trinajstić information content (AvgIpc) is 2.96. The van der Waals surface area contributed by atoms with E-state index in [2.05, 4.69) is 50.2 Å². The van der Waals surface area contributed by atoms with Crippen LogP contribution in [-0.2, 0) is 14.9 Å². The number of hydrogen-bond donors (Lipinski definition) is 1. The van der Waals surface area contributed by atoms with Gasteiger partial charge in [0.1, 0.15) is 24.2 Å². The quantitative estimate of drug-likeness (QED) is 0.264. The summed E-state index contributed by atoms with van der Waals surface area (Å²) in [7, 11) is 0. The van der Waals surface area contributed by atoms with Crippen LogP contribution in [0, 0.1) is 0 Å². The summed E-state index contributed by atoms with van der Waals surface area (Å²) in [5.41, 5.74) is 2.28. The lowest BCUT2D eigenvalue weighted by Gasteiger charge is -2.26. The number of aliphatic hydroxyl groups is 1. The van der Waals surface area contributed by atoms with Crippen molar-refractivity contribution >= 4 is 0 Å². The van der Waals surface area contributed by atoms with Crippen LogP contribution in [0.15, 0.2) is 48.5 Å². The van der Waals surface area contributed by atoms with E-state index in [0.717, 1.165) is 37.4 Å². The van der Waals surface area contributed by atoms with Gasteiger partial charge in [0.15, 0.2) is 0 Å². The van der Waals surface area contributed by atoms with Crippen molar-refractivity contribution in [3.05, 3.63) is 59.7 Å². The molecule has 5 nitrogen and oxygen atoms in total. The Bertz CT molecular complexity index is 911. The molecule has 2 saturated carbocycles. The average molecular weight is 525 g/mol. The van der Waals surface area contributed by atoms with Crippen molar-refractivity contribution in [2.24, 2.45) is 0 Å². The monoisotopic (exact) mass is 524 g/mol. The highest BCUT2D eigenvalue weighted by molar-refractivity contribution is 5.41. The third-order valence-electron chi connectivity index (χ3n) is 8.13. The molecule has 2 fully saturated rings. The van der Waals surface area contributed by atoms with Crippen LogP contribution >= 0.6 is 0 Å². The molecule has 0 spiro atoms.